The quantitative estimate of drug-likeness (QED) is 0.789. The van der Waals surface area contributed by atoms with E-state index >= 15 is 0 Å². The topological polar surface area (TPSA) is 39.1 Å². The third-order valence-corrected chi connectivity index (χ3v) is 2.52. The zero-order valence-corrected chi connectivity index (χ0v) is 8.57. The number of nitrogens with one attached hydrogen (secondary N) is 1. The summed E-state index contributed by atoms with van der Waals surface area (Å²) < 4.78 is 7.34. The molecule has 4 nitrogen and oxygen atoms in total. The summed E-state index contributed by atoms with van der Waals surface area (Å²) in [4.78, 5) is 0. The van der Waals surface area contributed by atoms with Crippen molar-refractivity contribution < 1.29 is 4.74 Å². The van der Waals surface area contributed by atoms with Crippen molar-refractivity contribution in [2.24, 2.45) is 7.05 Å². The number of hydrogen-bond acceptors (Lipinski definition) is 3. The number of aromatic nitrogens is 2. The first-order chi connectivity index (χ1) is 6.84. The second-order valence-corrected chi connectivity index (χ2v) is 3.75. The molecule has 0 aliphatic carbocycles. The monoisotopic (exact) mass is 195 g/mol. The van der Waals surface area contributed by atoms with E-state index < -0.39 is 0 Å². The Balaban J connectivity index is 1.67. The van der Waals surface area contributed by atoms with Crippen LogP contribution in [0.2, 0.25) is 0 Å². The lowest BCUT2D eigenvalue weighted by atomic mass is 10.2. The summed E-state index contributed by atoms with van der Waals surface area (Å²) >= 11 is 0. The molecule has 0 bridgehead atoms. The Labute approximate surface area is 84.3 Å². The van der Waals surface area contributed by atoms with Gasteiger partial charge in [-0.1, -0.05) is 0 Å². The molecule has 14 heavy (non-hydrogen) atoms. The van der Waals surface area contributed by atoms with Crippen molar-refractivity contribution in [3.63, 3.8) is 0 Å². The van der Waals surface area contributed by atoms with Crippen molar-refractivity contribution >= 4 is 5.69 Å². The Morgan fingerprint density at radius 3 is 3.29 bits per heavy atom. The van der Waals surface area contributed by atoms with Crippen molar-refractivity contribution in [2.75, 3.05) is 18.5 Å². The third-order valence-electron chi connectivity index (χ3n) is 2.52. The maximum absolute atomic E-state index is 5.54. The van der Waals surface area contributed by atoms with Gasteiger partial charge in [0, 0.05) is 26.4 Å². The van der Waals surface area contributed by atoms with Crippen molar-refractivity contribution in [1.82, 2.24) is 9.78 Å². The number of rotatable bonds is 4. The highest BCUT2D eigenvalue weighted by molar-refractivity contribution is 5.37. The van der Waals surface area contributed by atoms with Crippen LogP contribution in [0.3, 0.4) is 0 Å². The molecule has 1 aromatic heterocycles. The van der Waals surface area contributed by atoms with Crippen molar-refractivity contribution in [1.29, 1.82) is 0 Å². The highest BCUT2D eigenvalue weighted by Gasteiger charge is 2.14. The SMILES string of the molecule is Cn1cc(NCCC2CCCO2)cn1. The summed E-state index contributed by atoms with van der Waals surface area (Å²) in [7, 11) is 1.92. The van der Waals surface area contributed by atoms with Gasteiger partial charge in [0.25, 0.3) is 0 Å². The molecule has 0 spiro atoms. The predicted molar refractivity (Wildman–Crippen MR) is 55.3 cm³/mol. The lowest BCUT2D eigenvalue weighted by Crippen LogP contribution is -2.12. The van der Waals surface area contributed by atoms with Crippen LogP contribution in [0.25, 0.3) is 0 Å². The van der Waals surface area contributed by atoms with Crippen LogP contribution in [0.5, 0.6) is 0 Å². The summed E-state index contributed by atoms with van der Waals surface area (Å²) in [5.74, 6) is 0. The second-order valence-electron chi connectivity index (χ2n) is 3.75. The average molecular weight is 195 g/mol. The van der Waals surface area contributed by atoms with E-state index in [1.165, 1.54) is 12.8 Å². The third kappa shape index (κ3) is 2.48. The van der Waals surface area contributed by atoms with Gasteiger partial charge < -0.3 is 10.1 Å². The lowest BCUT2D eigenvalue weighted by Gasteiger charge is -2.09. The van der Waals surface area contributed by atoms with Gasteiger partial charge in [-0.2, -0.15) is 5.10 Å². The minimum absolute atomic E-state index is 0.471. The second kappa shape index (κ2) is 4.46. The zero-order valence-electron chi connectivity index (χ0n) is 8.57. The van der Waals surface area contributed by atoms with Gasteiger partial charge in [-0.05, 0) is 19.3 Å². The standard InChI is InChI=1S/C10H17N3O/c1-13-8-9(7-12-13)11-5-4-10-3-2-6-14-10/h7-8,10-11H,2-6H2,1H3. The molecule has 1 unspecified atom stereocenters. The van der Waals surface area contributed by atoms with E-state index in [9.17, 15) is 0 Å². The Morgan fingerprint density at radius 1 is 1.71 bits per heavy atom. The molecule has 0 amide bonds. The van der Waals surface area contributed by atoms with Gasteiger partial charge in [-0.3, -0.25) is 4.68 Å². The van der Waals surface area contributed by atoms with Crippen LogP contribution < -0.4 is 5.32 Å². The highest BCUT2D eigenvalue weighted by Crippen LogP contribution is 2.15. The molecule has 1 saturated heterocycles. The molecular weight excluding hydrogens is 178 g/mol. The van der Waals surface area contributed by atoms with E-state index in [0.29, 0.717) is 6.10 Å². The molecule has 1 N–H and O–H groups in total. The molecule has 2 heterocycles. The Kier molecular flexibility index (Phi) is 3.03. The lowest BCUT2D eigenvalue weighted by molar-refractivity contribution is 0.107. The molecule has 1 atom stereocenters. The summed E-state index contributed by atoms with van der Waals surface area (Å²) in [5.41, 5.74) is 1.09. The normalized spacial score (nSPS) is 21.4. The van der Waals surface area contributed by atoms with Crippen LogP contribution in [0.15, 0.2) is 12.4 Å². The summed E-state index contributed by atoms with van der Waals surface area (Å²) in [6.07, 6.45) is 7.82. The van der Waals surface area contributed by atoms with Crippen LogP contribution in [-0.4, -0.2) is 29.0 Å². The first kappa shape index (κ1) is 9.52. The molecule has 0 aromatic carbocycles. The van der Waals surface area contributed by atoms with E-state index in [4.69, 9.17) is 4.74 Å². The number of aryl methyl sites for hydroxylation is 1. The molecule has 0 saturated carbocycles. The van der Waals surface area contributed by atoms with Gasteiger partial charge in [0.2, 0.25) is 0 Å². The molecule has 1 aliphatic rings. The van der Waals surface area contributed by atoms with Gasteiger partial charge in [-0.25, -0.2) is 0 Å². The number of hydrogen-bond donors (Lipinski definition) is 1. The largest absolute Gasteiger partial charge is 0.382 e. The van der Waals surface area contributed by atoms with Crippen LogP contribution in [-0.2, 0) is 11.8 Å². The molecule has 78 valence electrons. The van der Waals surface area contributed by atoms with E-state index in [-0.39, 0.29) is 0 Å². The summed E-state index contributed by atoms with van der Waals surface area (Å²) in [6.45, 7) is 1.91. The van der Waals surface area contributed by atoms with Gasteiger partial charge in [-0.15, -0.1) is 0 Å². The minimum Gasteiger partial charge on any atom is -0.382 e. The van der Waals surface area contributed by atoms with Crippen LogP contribution >= 0.6 is 0 Å². The number of anilines is 1. The molecule has 1 aliphatic heterocycles. The maximum atomic E-state index is 5.54. The fourth-order valence-corrected chi connectivity index (χ4v) is 1.76. The van der Waals surface area contributed by atoms with Gasteiger partial charge in [0.1, 0.15) is 0 Å². The van der Waals surface area contributed by atoms with Crippen molar-refractivity contribution in [2.45, 2.75) is 25.4 Å². The van der Waals surface area contributed by atoms with Crippen molar-refractivity contribution in [3.8, 4) is 0 Å². The number of nitrogens with zero attached hydrogens (tertiary/aromatic N) is 2. The molecule has 2 rings (SSSR count). The van der Waals surface area contributed by atoms with Crippen LogP contribution in [0, 0.1) is 0 Å². The van der Waals surface area contributed by atoms with Gasteiger partial charge in [0.15, 0.2) is 0 Å². The van der Waals surface area contributed by atoms with E-state index in [2.05, 4.69) is 10.4 Å². The Bertz CT molecular complexity index is 279. The van der Waals surface area contributed by atoms with Crippen LogP contribution in [0.4, 0.5) is 5.69 Å². The zero-order chi connectivity index (χ0) is 9.80. The molecule has 1 fully saturated rings. The summed E-state index contributed by atoms with van der Waals surface area (Å²) in [6, 6.07) is 0. The van der Waals surface area contributed by atoms with Crippen LogP contribution in [0.1, 0.15) is 19.3 Å². The minimum atomic E-state index is 0.471. The average Bonchev–Trinajstić information content (AvgIpc) is 2.77. The van der Waals surface area contributed by atoms with E-state index in [1.54, 1.807) is 4.68 Å². The first-order valence-corrected chi connectivity index (χ1v) is 5.19. The number of ether oxygens (including phenoxy) is 1. The highest BCUT2D eigenvalue weighted by atomic mass is 16.5. The van der Waals surface area contributed by atoms with Gasteiger partial charge in [0.05, 0.1) is 18.0 Å². The Morgan fingerprint density at radius 2 is 2.64 bits per heavy atom. The van der Waals surface area contributed by atoms with Gasteiger partial charge >= 0.3 is 0 Å². The smallest absolute Gasteiger partial charge is 0.0726 e. The fourth-order valence-electron chi connectivity index (χ4n) is 1.76. The van der Waals surface area contributed by atoms with Crippen molar-refractivity contribution in [3.05, 3.63) is 12.4 Å². The molecule has 1 aromatic rings. The first-order valence-electron chi connectivity index (χ1n) is 5.19. The molecule has 0 radical (unpaired) electrons. The summed E-state index contributed by atoms with van der Waals surface area (Å²) in [5, 5.41) is 7.42. The molecular formula is C10H17N3O. The Hall–Kier alpha value is -1.03. The molecule has 4 heteroatoms. The predicted octanol–water partition coefficient (Wildman–Crippen LogP) is 1.40. The maximum Gasteiger partial charge on any atom is 0.0726 e. The fraction of sp³-hybridized carbons (Fsp3) is 0.700. The van der Waals surface area contributed by atoms with E-state index in [1.807, 2.05) is 19.4 Å². The van der Waals surface area contributed by atoms with E-state index in [0.717, 1.165) is 25.3 Å².